The Hall–Kier alpha value is -3.43. The number of aliphatic carboxylic acids is 1. The lowest BCUT2D eigenvalue weighted by Gasteiger charge is -2.24. The lowest BCUT2D eigenvalue weighted by Crippen LogP contribution is -2.29. The fraction of sp³-hybridized carbons (Fsp3) is 0.450. The highest BCUT2D eigenvalue weighted by molar-refractivity contribution is 6.04. The fourth-order valence-corrected chi connectivity index (χ4v) is 2.31. The molecule has 0 amide bonds. The maximum Gasteiger partial charge on any atom is 0.339 e. The van der Waals surface area contributed by atoms with Gasteiger partial charge in [0.05, 0.1) is 29.9 Å². The summed E-state index contributed by atoms with van der Waals surface area (Å²) in [5.74, 6) is -5.19. The summed E-state index contributed by atoms with van der Waals surface area (Å²) in [5.41, 5.74) is -1.84. The van der Waals surface area contributed by atoms with Gasteiger partial charge in [-0.3, -0.25) is 9.59 Å². The standard InChI is InChI=1S/C20H24O10/c1-20(2,10-29-16(23)6-4-3-5-15(21)22)11-30-19(28)14-9-12(17(24)25)7-8-13(14)18(26)27/h7-9H,3-6,10-11H2,1-2H3,(H,21,22)(H,24,25)(H,26,27). The number of hydrogen-bond donors (Lipinski definition) is 3. The molecule has 1 aromatic rings. The van der Waals surface area contributed by atoms with Gasteiger partial charge in [-0.25, -0.2) is 14.4 Å². The molecule has 0 bridgehead atoms. The normalized spacial score (nSPS) is 10.9. The Bertz CT molecular complexity index is 825. The van der Waals surface area contributed by atoms with Gasteiger partial charge >= 0.3 is 29.8 Å². The Morgan fingerprint density at radius 2 is 1.43 bits per heavy atom. The molecule has 164 valence electrons. The van der Waals surface area contributed by atoms with Crippen molar-refractivity contribution in [3.8, 4) is 0 Å². The first-order valence-corrected chi connectivity index (χ1v) is 9.08. The van der Waals surface area contributed by atoms with Crippen molar-refractivity contribution in [2.45, 2.75) is 39.5 Å². The first-order valence-electron chi connectivity index (χ1n) is 9.08. The Kier molecular flexibility index (Phi) is 8.97. The molecule has 0 aliphatic carbocycles. The zero-order valence-corrected chi connectivity index (χ0v) is 16.7. The smallest absolute Gasteiger partial charge is 0.339 e. The second kappa shape index (κ2) is 10.9. The van der Waals surface area contributed by atoms with Gasteiger partial charge < -0.3 is 24.8 Å². The number of carbonyl (C=O) groups excluding carboxylic acids is 2. The lowest BCUT2D eigenvalue weighted by molar-refractivity contribution is -0.148. The van der Waals surface area contributed by atoms with Crippen LogP contribution in [0, 0.1) is 5.41 Å². The van der Waals surface area contributed by atoms with E-state index in [1.165, 1.54) is 0 Å². The van der Waals surface area contributed by atoms with Crippen LogP contribution in [-0.2, 0) is 19.1 Å². The third-order valence-electron chi connectivity index (χ3n) is 3.96. The summed E-state index contributed by atoms with van der Waals surface area (Å²) in [4.78, 5) is 56.8. The highest BCUT2D eigenvalue weighted by Gasteiger charge is 2.26. The first kappa shape index (κ1) is 24.6. The monoisotopic (exact) mass is 424 g/mol. The van der Waals surface area contributed by atoms with Gasteiger partial charge in [-0.1, -0.05) is 13.8 Å². The van der Waals surface area contributed by atoms with Crippen molar-refractivity contribution < 1.29 is 48.8 Å². The highest BCUT2D eigenvalue weighted by atomic mass is 16.5. The van der Waals surface area contributed by atoms with Gasteiger partial charge in [0.1, 0.15) is 0 Å². The van der Waals surface area contributed by atoms with Gasteiger partial charge in [-0.15, -0.1) is 0 Å². The summed E-state index contributed by atoms with van der Waals surface area (Å²) in [5, 5.41) is 26.8. The Morgan fingerprint density at radius 1 is 0.833 bits per heavy atom. The predicted molar refractivity (Wildman–Crippen MR) is 101 cm³/mol. The second-order valence-corrected chi connectivity index (χ2v) is 7.37. The molecule has 10 nitrogen and oxygen atoms in total. The number of carboxylic acid groups (broad SMARTS) is 3. The Morgan fingerprint density at radius 3 is 2.00 bits per heavy atom. The van der Waals surface area contributed by atoms with Crippen LogP contribution in [0.3, 0.4) is 0 Å². The molecule has 0 saturated carbocycles. The van der Waals surface area contributed by atoms with Crippen molar-refractivity contribution in [2.24, 2.45) is 5.41 Å². The van der Waals surface area contributed by atoms with Crippen LogP contribution in [0.1, 0.15) is 70.6 Å². The molecular formula is C20H24O10. The highest BCUT2D eigenvalue weighted by Crippen LogP contribution is 2.20. The number of benzene rings is 1. The van der Waals surface area contributed by atoms with E-state index >= 15 is 0 Å². The largest absolute Gasteiger partial charge is 0.481 e. The molecule has 0 heterocycles. The zero-order valence-electron chi connectivity index (χ0n) is 16.7. The molecule has 1 aromatic carbocycles. The summed E-state index contributed by atoms with van der Waals surface area (Å²) in [6.07, 6.45) is 0.758. The second-order valence-electron chi connectivity index (χ2n) is 7.37. The summed E-state index contributed by atoms with van der Waals surface area (Å²) in [6.45, 7) is 3.01. The SMILES string of the molecule is CC(C)(COC(=O)CCCCC(=O)O)COC(=O)c1cc(C(=O)O)ccc1C(=O)O. The fourth-order valence-electron chi connectivity index (χ4n) is 2.31. The van der Waals surface area contributed by atoms with Gasteiger partial charge in [-0.2, -0.15) is 0 Å². The van der Waals surface area contributed by atoms with Crippen LogP contribution in [-0.4, -0.2) is 58.4 Å². The molecule has 0 atom stereocenters. The zero-order chi connectivity index (χ0) is 22.9. The third kappa shape index (κ3) is 8.29. The van der Waals surface area contributed by atoms with E-state index in [1.54, 1.807) is 13.8 Å². The van der Waals surface area contributed by atoms with Crippen molar-refractivity contribution >= 4 is 29.8 Å². The molecule has 0 radical (unpaired) electrons. The molecule has 0 spiro atoms. The number of rotatable bonds is 12. The summed E-state index contributed by atoms with van der Waals surface area (Å²) < 4.78 is 10.2. The van der Waals surface area contributed by atoms with E-state index in [1.807, 2.05) is 0 Å². The van der Waals surface area contributed by atoms with E-state index in [0.717, 1.165) is 18.2 Å². The molecule has 0 unspecified atom stereocenters. The molecule has 0 aromatic heterocycles. The van der Waals surface area contributed by atoms with E-state index in [2.05, 4.69) is 0 Å². The Balaban J connectivity index is 2.63. The molecule has 0 fully saturated rings. The van der Waals surface area contributed by atoms with E-state index in [-0.39, 0.29) is 31.6 Å². The van der Waals surface area contributed by atoms with Gasteiger partial charge in [0.25, 0.3) is 0 Å². The molecule has 3 N–H and O–H groups in total. The van der Waals surface area contributed by atoms with E-state index in [4.69, 9.17) is 19.7 Å². The number of carbonyl (C=O) groups is 5. The maximum absolute atomic E-state index is 12.3. The average Bonchev–Trinajstić information content (AvgIpc) is 2.67. The van der Waals surface area contributed by atoms with Gasteiger partial charge in [0.15, 0.2) is 0 Å². The van der Waals surface area contributed by atoms with E-state index in [0.29, 0.717) is 12.8 Å². The van der Waals surface area contributed by atoms with Gasteiger partial charge in [0, 0.05) is 18.3 Å². The summed E-state index contributed by atoms with van der Waals surface area (Å²) in [7, 11) is 0. The Labute approximate surface area is 172 Å². The maximum atomic E-state index is 12.3. The minimum atomic E-state index is -1.41. The lowest BCUT2D eigenvalue weighted by atomic mass is 9.96. The van der Waals surface area contributed by atoms with Crippen LogP contribution in [0.2, 0.25) is 0 Å². The van der Waals surface area contributed by atoms with Crippen LogP contribution < -0.4 is 0 Å². The number of hydrogen-bond acceptors (Lipinski definition) is 7. The summed E-state index contributed by atoms with van der Waals surface area (Å²) in [6, 6.07) is 3.01. The molecule has 0 aliphatic rings. The van der Waals surface area contributed by atoms with E-state index in [9.17, 15) is 29.1 Å². The average molecular weight is 424 g/mol. The number of esters is 2. The van der Waals surface area contributed by atoms with Crippen LogP contribution in [0.25, 0.3) is 0 Å². The predicted octanol–water partition coefficient (Wildman–Crippen LogP) is 2.45. The summed E-state index contributed by atoms with van der Waals surface area (Å²) >= 11 is 0. The van der Waals surface area contributed by atoms with Crippen molar-refractivity contribution in [1.29, 1.82) is 0 Å². The molecule has 1 rings (SSSR count). The van der Waals surface area contributed by atoms with Crippen LogP contribution >= 0.6 is 0 Å². The number of ether oxygens (including phenoxy) is 2. The quantitative estimate of drug-likeness (QED) is 0.335. The van der Waals surface area contributed by atoms with Crippen LogP contribution in [0.5, 0.6) is 0 Å². The molecular weight excluding hydrogens is 400 g/mol. The number of carboxylic acids is 3. The van der Waals surface area contributed by atoms with Gasteiger partial charge in [0.2, 0.25) is 0 Å². The van der Waals surface area contributed by atoms with Crippen molar-refractivity contribution in [3.05, 3.63) is 34.9 Å². The molecule has 0 saturated heterocycles. The number of unbranched alkanes of at least 4 members (excludes halogenated alkanes) is 1. The molecule has 0 aliphatic heterocycles. The van der Waals surface area contributed by atoms with Crippen LogP contribution in [0.15, 0.2) is 18.2 Å². The first-order chi connectivity index (χ1) is 13.9. The molecule has 10 heteroatoms. The number of aromatic carboxylic acids is 2. The minimum absolute atomic E-state index is 0.0316. The molecule has 30 heavy (non-hydrogen) atoms. The third-order valence-corrected chi connectivity index (χ3v) is 3.96. The van der Waals surface area contributed by atoms with Crippen molar-refractivity contribution in [3.63, 3.8) is 0 Å². The topological polar surface area (TPSA) is 164 Å². The van der Waals surface area contributed by atoms with E-state index < -0.39 is 46.4 Å². The van der Waals surface area contributed by atoms with Crippen LogP contribution in [0.4, 0.5) is 0 Å². The van der Waals surface area contributed by atoms with Gasteiger partial charge in [-0.05, 0) is 31.0 Å². The van der Waals surface area contributed by atoms with Crippen molar-refractivity contribution in [2.75, 3.05) is 13.2 Å². The minimum Gasteiger partial charge on any atom is -0.481 e. The van der Waals surface area contributed by atoms with Crippen molar-refractivity contribution in [1.82, 2.24) is 0 Å².